The summed E-state index contributed by atoms with van der Waals surface area (Å²) < 4.78 is 16.7. The number of hydrogen-bond donors (Lipinski definition) is 0. The summed E-state index contributed by atoms with van der Waals surface area (Å²) >= 11 is 0. The molecule has 69 heavy (non-hydrogen) atoms. The summed E-state index contributed by atoms with van der Waals surface area (Å²) in [4.78, 5) is 38.0. The predicted molar refractivity (Wildman–Crippen MR) is 297 cm³/mol. The van der Waals surface area contributed by atoms with Gasteiger partial charge in [0.05, 0.1) is 0 Å². The van der Waals surface area contributed by atoms with E-state index in [0.29, 0.717) is 19.3 Å². The predicted octanol–water partition coefficient (Wildman–Crippen LogP) is 18.6. The lowest BCUT2D eigenvalue weighted by molar-refractivity contribution is -0.167. The van der Waals surface area contributed by atoms with Gasteiger partial charge in [0.15, 0.2) is 6.10 Å². The van der Waals surface area contributed by atoms with Crippen molar-refractivity contribution in [3.63, 3.8) is 0 Å². The van der Waals surface area contributed by atoms with Crippen LogP contribution in [0.15, 0.2) is 134 Å². The molecule has 0 N–H and O–H groups in total. The first-order valence-electron chi connectivity index (χ1n) is 27.7. The van der Waals surface area contributed by atoms with Gasteiger partial charge in [-0.25, -0.2) is 0 Å². The molecule has 0 aliphatic carbocycles. The zero-order valence-electron chi connectivity index (χ0n) is 44.3. The Bertz CT molecular complexity index is 1510. The van der Waals surface area contributed by atoms with Gasteiger partial charge in [-0.05, 0) is 109 Å². The van der Waals surface area contributed by atoms with E-state index < -0.39 is 6.10 Å². The Morgan fingerprint density at radius 2 is 0.580 bits per heavy atom. The largest absolute Gasteiger partial charge is 0.462 e. The van der Waals surface area contributed by atoms with Gasteiger partial charge in [-0.15, -0.1) is 0 Å². The van der Waals surface area contributed by atoms with Crippen LogP contribution in [0.25, 0.3) is 0 Å². The van der Waals surface area contributed by atoms with Gasteiger partial charge >= 0.3 is 17.9 Å². The summed E-state index contributed by atoms with van der Waals surface area (Å²) in [5, 5.41) is 0. The number of ether oxygens (including phenoxy) is 3. The van der Waals surface area contributed by atoms with E-state index in [1.165, 1.54) is 51.4 Å². The smallest absolute Gasteiger partial charge is 0.306 e. The van der Waals surface area contributed by atoms with Gasteiger partial charge in [0, 0.05) is 19.3 Å². The number of allylic oxidation sites excluding steroid dienone is 22. The second kappa shape index (κ2) is 56.1. The highest BCUT2D eigenvalue weighted by Crippen LogP contribution is 2.13. The molecule has 0 aromatic rings. The Morgan fingerprint density at radius 1 is 0.304 bits per heavy atom. The lowest BCUT2D eigenvalue weighted by Gasteiger charge is -2.18. The SMILES string of the molecule is CC/C=C\C/C=C\C/C=C\C/C=C\C/C=C\C/C=C\C/C=C\CCCC(=O)OCC(COC(=O)CCCCCCCCCCC)OC(=O)CCCCCCCC/C=C\C/C=C\C/C=C\C/C=C\CC. The highest BCUT2D eigenvalue weighted by atomic mass is 16.6. The maximum absolute atomic E-state index is 12.8. The van der Waals surface area contributed by atoms with E-state index >= 15 is 0 Å². The standard InChI is InChI=1S/C63H100O6/c1-4-7-10-13-16-19-21-23-25-27-29-30-31-32-34-35-37-39-41-44-47-50-53-56-62(65)68-59-60(58-67-61(64)55-52-49-46-43-18-15-12-9-6-3)69-63(66)57-54-51-48-45-42-40-38-36-33-28-26-24-22-20-17-14-11-8-5-2/h7-8,10-11,16-17,19-20,23-26,29-30,32-34,36-37,39,44,47,60H,4-6,9,12-15,18,21-22,27-28,31,35,38,40-43,45-46,48-59H2,1-3H3/b10-7-,11-8-,19-16-,20-17-,25-23-,26-24-,30-29-,34-32-,36-33-,39-37-,47-44-. The molecule has 1 unspecified atom stereocenters. The Hall–Kier alpha value is -4.45. The fourth-order valence-electron chi connectivity index (χ4n) is 7.07. The van der Waals surface area contributed by atoms with Crippen LogP contribution in [0.2, 0.25) is 0 Å². The van der Waals surface area contributed by atoms with E-state index in [2.05, 4.69) is 154 Å². The van der Waals surface area contributed by atoms with Crippen molar-refractivity contribution >= 4 is 17.9 Å². The van der Waals surface area contributed by atoms with Crippen molar-refractivity contribution in [2.75, 3.05) is 13.2 Å². The van der Waals surface area contributed by atoms with Crippen LogP contribution < -0.4 is 0 Å². The van der Waals surface area contributed by atoms with Crippen LogP contribution in [-0.2, 0) is 28.6 Å². The van der Waals surface area contributed by atoms with Crippen LogP contribution in [-0.4, -0.2) is 37.2 Å². The summed E-state index contributed by atoms with van der Waals surface area (Å²) in [5.74, 6) is -0.991. The number of carbonyl (C=O) groups excluding carboxylic acids is 3. The Balaban J connectivity index is 4.45. The lowest BCUT2D eigenvalue weighted by atomic mass is 10.1. The fraction of sp³-hybridized carbons (Fsp3) is 0.603. The molecule has 0 saturated carbocycles. The molecule has 0 amide bonds. The summed E-state index contributed by atoms with van der Waals surface area (Å²) in [6.45, 7) is 6.32. The van der Waals surface area contributed by atoms with Crippen molar-refractivity contribution < 1.29 is 28.6 Å². The average molecular weight is 953 g/mol. The topological polar surface area (TPSA) is 78.9 Å². The van der Waals surface area contributed by atoms with Crippen LogP contribution in [0.1, 0.15) is 226 Å². The summed E-state index contributed by atoms with van der Waals surface area (Å²) in [5.41, 5.74) is 0. The molecule has 0 aliphatic heterocycles. The Labute approximate surface area is 424 Å². The van der Waals surface area contributed by atoms with Crippen LogP contribution in [0.5, 0.6) is 0 Å². The molecule has 6 heteroatoms. The number of carbonyl (C=O) groups is 3. The van der Waals surface area contributed by atoms with Crippen LogP contribution in [0.4, 0.5) is 0 Å². The normalized spacial score (nSPS) is 13.1. The van der Waals surface area contributed by atoms with E-state index in [9.17, 15) is 14.4 Å². The molecule has 0 aromatic heterocycles. The van der Waals surface area contributed by atoms with Crippen molar-refractivity contribution in [1.29, 1.82) is 0 Å². The molecule has 0 bridgehead atoms. The van der Waals surface area contributed by atoms with Crippen molar-refractivity contribution in [2.45, 2.75) is 232 Å². The third-order valence-electron chi connectivity index (χ3n) is 11.2. The Kier molecular flexibility index (Phi) is 52.5. The van der Waals surface area contributed by atoms with Gasteiger partial charge in [0.25, 0.3) is 0 Å². The van der Waals surface area contributed by atoms with E-state index in [1.54, 1.807) is 0 Å². The summed E-state index contributed by atoms with van der Waals surface area (Å²) in [7, 11) is 0. The van der Waals surface area contributed by atoms with Gasteiger partial charge in [0.2, 0.25) is 0 Å². The van der Waals surface area contributed by atoms with Crippen molar-refractivity contribution in [3.8, 4) is 0 Å². The van der Waals surface area contributed by atoms with Crippen molar-refractivity contribution in [2.24, 2.45) is 0 Å². The van der Waals surface area contributed by atoms with Crippen LogP contribution in [0, 0.1) is 0 Å². The molecule has 1 atom stereocenters. The highest BCUT2D eigenvalue weighted by Gasteiger charge is 2.19. The van der Waals surface area contributed by atoms with Crippen LogP contribution in [0.3, 0.4) is 0 Å². The van der Waals surface area contributed by atoms with Crippen LogP contribution >= 0.6 is 0 Å². The molecule has 0 radical (unpaired) electrons. The first-order valence-corrected chi connectivity index (χ1v) is 27.7. The van der Waals surface area contributed by atoms with Gasteiger partial charge in [0.1, 0.15) is 13.2 Å². The number of unbranched alkanes of at least 4 members (excludes halogenated alkanes) is 15. The highest BCUT2D eigenvalue weighted by molar-refractivity contribution is 5.71. The summed E-state index contributed by atoms with van der Waals surface area (Å²) in [6.07, 6.45) is 78.8. The van der Waals surface area contributed by atoms with Crippen molar-refractivity contribution in [3.05, 3.63) is 134 Å². The maximum atomic E-state index is 12.8. The molecule has 0 saturated heterocycles. The van der Waals surface area contributed by atoms with E-state index in [4.69, 9.17) is 14.2 Å². The average Bonchev–Trinajstić information content (AvgIpc) is 3.35. The van der Waals surface area contributed by atoms with Crippen molar-refractivity contribution in [1.82, 2.24) is 0 Å². The fourth-order valence-corrected chi connectivity index (χ4v) is 7.07. The second-order valence-electron chi connectivity index (χ2n) is 17.7. The zero-order valence-corrected chi connectivity index (χ0v) is 44.3. The third kappa shape index (κ3) is 54.4. The molecule has 388 valence electrons. The Morgan fingerprint density at radius 3 is 0.942 bits per heavy atom. The zero-order chi connectivity index (χ0) is 50.0. The van der Waals surface area contributed by atoms with Gasteiger partial charge < -0.3 is 14.2 Å². The minimum Gasteiger partial charge on any atom is -0.462 e. The van der Waals surface area contributed by atoms with Gasteiger partial charge in [-0.2, -0.15) is 0 Å². The molecular weight excluding hydrogens is 853 g/mol. The third-order valence-corrected chi connectivity index (χ3v) is 11.2. The lowest BCUT2D eigenvalue weighted by Crippen LogP contribution is -2.30. The summed E-state index contributed by atoms with van der Waals surface area (Å²) in [6, 6.07) is 0. The first kappa shape index (κ1) is 64.5. The monoisotopic (exact) mass is 953 g/mol. The quantitative estimate of drug-likeness (QED) is 0.0262. The minimum absolute atomic E-state index is 0.105. The molecule has 0 aliphatic rings. The molecule has 0 fully saturated rings. The first-order chi connectivity index (χ1) is 34.0. The molecule has 0 rings (SSSR count). The second-order valence-corrected chi connectivity index (χ2v) is 17.7. The molecule has 0 spiro atoms. The molecule has 0 aromatic carbocycles. The maximum Gasteiger partial charge on any atom is 0.306 e. The van der Waals surface area contributed by atoms with Gasteiger partial charge in [-0.3, -0.25) is 14.4 Å². The van der Waals surface area contributed by atoms with Gasteiger partial charge in [-0.1, -0.05) is 231 Å². The number of hydrogen-bond acceptors (Lipinski definition) is 6. The molecule has 0 heterocycles. The number of esters is 3. The van der Waals surface area contributed by atoms with E-state index in [1.807, 2.05) is 0 Å². The molecule has 6 nitrogen and oxygen atoms in total. The van der Waals surface area contributed by atoms with E-state index in [0.717, 1.165) is 128 Å². The minimum atomic E-state index is -0.812. The van der Waals surface area contributed by atoms with E-state index in [-0.39, 0.29) is 37.5 Å². The number of rotatable bonds is 48. The molecular formula is C63H100O6.